The van der Waals surface area contributed by atoms with Crippen LogP contribution in [0.4, 0.5) is 0 Å². The Morgan fingerprint density at radius 3 is 2.19 bits per heavy atom. The van der Waals surface area contributed by atoms with Gasteiger partial charge in [0.05, 0.1) is 6.04 Å². The molecule has 3 amide bonds. The second kappa shape index (κ2) is 13.6. The van der Waals surface area contributed by atoms with Gasteiger partial charge in [0.25, 0.3) is 0 Å². The highest BCUT2D eigenvalue weighted by atomic mass is 32.2. The molecule has 1 fully saturated rings. The summed E-state index contributed by atoms with van der Waals surface area (Å²) in [4.78, 5) is 49.9. The maximum Gasteiger partial charge on any atom is 0.326 e. The molecule has 1 heterocycles. The van der Waals surface area contributed by atoms with Crippen molar-refractivity contribution in [2.75, 3.05) is 18.6 Å². The highest BCUT2D eigenvalue weighted by Crippen LogP contribution is 2.12. The number of thioether (sulfide) groups is 1. The van der Waals surface area contributed by atoms with E-state index in [-0.39, 0.29) is 23.8 Å². The molecule has 1 saturated heterocycles. The van der Waals surface area contributed by atoms with E-state index in [9.17, 15) is 24.3 Å². The summed E-state index contributed by atoms with van der Waals surface area (Å²) in [5, 5.41) is 20.6. The SMILES string of the molecule is CCC(C)C(NC(=O)C(NC(=O)C1CCCN1)C(C)C)C(=O)NC(CCSC)C(=O)O. The van der Waals surface area contributed by atoms with Crippen LogP contribution >= 0.6 is 11.8 Å². The smallest absolute Gasteiger partial charge is 0.326 e. The van der Waals surface area contributed by atoms with E-state index >= 15 is 0 Å². The van der Waals surface area contributed by atoms with E-state index in [1.165, 1.54) is 11.8 Å². The van der Waals surface area contributed by atoms with Gasteiger partial charge < -0.3 is 26.4 Å². The average Bonchev–Trinajstić information content (AvgIpc) is 3.26. The maximum absolute atomic E-state index is 13.0. The fourth-order valence-corrected chi connectivity index (χ4v) is 3.87. The van der Waals surface area contributed by atoms with E-state index < -0.39 is 35.9 Å². The zero-order valence-corrected chi connectivity index (χ0v) is 20.0. The summed E-state index contributed by atoms with van der Waals surface area (Å²) >= 11 is 1.50. The molecule has 0 aromatic carbocycles. The highest BCUT2D eigenvalue weighted by molar-refractivity contribution is 7.98. The van der Waals surface area contributed by atoms with Gasteiger partial charge in [-0.3, -0.25) is 14.4 Å². The number of hydrogen-bond donors (Lipinski definition) is 5. The van der Waals surface area contributed by atoms with Gasteiger partial charge in [-0.1, -0.05) is 34.1 Å². The first-order chi connectivity index (χ1) is 14.6. The lowest BCUT2D eigenvalue weighted by Gasteiger charge is -2.29. The molecule has 0 aliphatic carbocycles. The van der Waals surface area contributed by atoms with E-state index in [4.69, 9.17) is 0 Å². The summed E-state index contributed by atoms with van der Waals surface area (Å²) in [6.45, 7) is 8.15. The van der Waals surface area contributed by atoms with Gasteiger partial charge in [0.15, 0.2) is 0 Å². The standard InChI is InChI=1S/C21H38N4O5S/c1-6-13(4)17(20(28)23-15(21(29)30)9-11-31-5)25-19(27)16(12(2)3)24-18(26)14-8-7-10-22-14/h12-17,22H,6-11H2,1-5H3,(H,23,28)(H,24,26)(H,25,27)(H,29,30). The van der Waals surface area contributed by atoms with Crippen LogP contribution < -0.4 is 21.3 Å². The van der Waals surface area contributed by atoms with Crippen LogP contribution in [0.1, 0.15) is 53.4 Å². The molecule has 0 radical (unpaired) electrons. The van der Waals surface area contributed by atoms with E-state index in [1.807, 2.05) is 34.0 Å². The van der Waals surface area contributed by atoms with Crippen LogP contribution in [-0.4, -0.2) is 71.5 Å². The normalized spacial score (nSPS) is 19.9. The molecule has 0 bridgehead atoms. The molecular formula is C21H38N4O5S. The zero-order valence-electron chi connectivity index (χ0n) is 19.2. The summed E-state index contributed by atoms with van der Waals surface area (Å²) in [5.74, 6) is -2.10. The van der Waals surface area contributed by atoms with Crippen molar-refractivity contribution in [3.63, 3.8) is 0 Å². The molecular weight excluding hydrogens is 420 g/mol. The summed E-state index contributed by atoms with van der Waals surface area (Å²) < 4.78 is 0. The van der Waals surface area contributed by atoms with Crippen LogP contribution in [0.3, 0.4) is 0 Å². The monoisotopic (exact) mass is 458 g/mol. The number of carboxylic acid groups (broad SMARTS) is 1. The molecule has 0 aromatic heterocycles. The number of carboxylic acids is 1. The largest absolute Gasteiger partial charge is 0.480 e. The summed E-state index contributed by atoms with van der Waals surface area (Å²) in [7, 11) is 0. The number of hydrogen-bond acceptors (Lipinski definition) is 6. The minimum atomic E-state index is -1.10. The summed E-state index contributed by atoms with van der Waals surface area (Å²) in [5.41, 5.74) is 0. The van der Waals surface area contributed by atoms with Crippen molar-refractivity contribution in [3.8, 4) is 0 Å². The minimum Gasteiger partial charge on any atom is -0.480 e. The average molecular weight is 459 g/mol. The molecule has 178 valence electrons. The van der Waals surface area contributed by atoms with Crippen LogP contribution in [0.5, 0.6) is 0 Å². The van der Waals surface area contributed by atoms with Gasteiger partial charge in [-0.05, 0) is 49.7 Å². The third kappa shape index (κ3) is 8.68. The third-order valence-corrected chi connectivity index (χ3v) is 6.29. The molecule has 5 unspecified atom stereocenters. The van der Waals surface area contributed by atoms with Crippen molar-refractivity contribution in [1.29, 1.82) is 0 Å². The molecule has 0 aromatic rings. The lowest BCUT2D eigenvalue weighted by atomic mass is 9.96. The Kier molecular flexibility index (Phi) is 11.9. The van der Waals surface area contributed by atoms with Crippen molar-refractivity contribution in [2.24, 2.45) is 11.8 Å². The van der Waals surface area contributed by atoms with Gasteiger partial charge >= 0.3 is 5.97 Å². The maximum atomic E-state index is 13.0. The number of rotatable bonds is 13. The van der Waals surface area contributed by atoms with E-state index in [1.54, 1.807) is 0 Å². The molecule has 1 aliphatic heterocycles. The molecule has 9 nitrogen and oxygen atoms in total. The molecule has 5 atom stereocenters. The van der Waals surface area contributed by atoms with Crippen LogP contribution in [0.2, 0.25) is 0 Å². The molecule has 5 N–H and O–H groups in total. The van der Waals surface area contributed by atoms with E-state index in [0.717, 1.165) is 19.4 Å². The number of carbonyl (C=O) groups is 4. The van der Waals surface area contributed by atoms with Crippen molar-refractivity contribution in [3.05, 3.63) is 0 Å². The van der Waals surface area contributed by atoms with Gasteiger partial charge in [-0.2, -0.15) is 11.8 Å². The third-order valence-electron chi connectivity index (χ3n) is 5.64. The molecule has 0 saturated carbocycles. The number of carbonyl (C=O) groups excluding carboxylic acids is 3. The Labute approximate surface area is 189 Å². The summed E-state index contributed by atoms with van der Waals surface area (Å²) in [6, 6.07) is -3.01. The fraction of sp³-hybridized carbons (Fsp3) is 0.810. The van der Waals surface area contributed by atoms with Gasteiger partial charge in [0.1, 0.15) is 18.1 Å². The van der Waals surface area contributed by atoms with Gasteiger partial charge in [0, 0.05) is 0 Å². The minimum absolute atomic E-state index is 0.181. The number of nitrogens with one attached hydrogen (secondary N) is 4. The Balaban J connectivity index is 2.89. The predicted octanol–water partition coefficient (Wildman–Crippen LogP) is 0.733. The lowest BCUT2D eigenvalue weighted by Crippen LogP contribution is -2.59. The Bertz CT molecular complexity index is 625. The summed E-state index contributed by atoms with van der Waals surface area (Å²) in [6.07, 6.45) is 4.41. The van der Waals surface area contributed by atoms with Crippen LogP contribution in [0.25, 0.3) is 0 Å². The van der Waals surface area contributed by atoms with Crippen molar-refractivity contribution >= 4 is 35.5 Å². The number of amides is 3. The Morgan fingerprint density at radius 2 is 1.71 bits per heavy atom. The van der Waals surface area contributed by atoms with Gasteiger partial charge in [-0.25, -0.2) is 4.79 Å². The van der Waals surface area contributed by atoms with Gasteiger partial charge in [0.2, 0.25) is 17.7 Å². The van der Waals surface area contributed by atoms with Crippen LogP contribution in [0, 0.1) is 11.8 Å². The predicted molar refractivity (Wildman–Crippen MR) is 122 cm³/mol. The molecule has 1 rings (SSSR count). The molecule has 1 aliphatic rings. The number of aliphatic carboxylic acids is 1. The Morgan fingerprint density at radius 1 is 1.06 bits per heavy atom. The van der Waals surface area contributed by atoms with Crippen LogP contribution in [-0.2, 0) is 19.2 Å². The second-order valence-corrected chi connectivity index (χ2v) is 9.42. The van der Waals surface area contributed by atoms with Crippen molar-refractivity contribution < 1.29 is 24.3 Å². The van der Waals surface area contributed by atoms with E-state index in [0.29, 0.717) is 18.6 Å². The zero-order chi connectivity index (χ0) is 23.6. The first-order valence-corrected chi connectivity index (χ1v) is 12.4. The fourth-order valence-electron chi connectivity index (χ4n) is 3.40. The lowest BCUT2D eigenvalue weighted by molar-refractivity contribution is -0.142. The first kappa shape index (κ1) is 27.2. The van der Waals surface area contributed by atoms with Gasteiger partial charge in [-0.15, -0.1) is 0 Å². The quantitative estimate of drug-likeness (QED) is 0.274. The van der Waals surface area contributed by atoms with Crippen molar-refractivity contribution in [2.45, 2.75) is 77.5 Å². The van der Waals surface area contributed by atoms with Crippen molar-refractivity contribution in [1.82, 2.24) is 21.3 Å². The Hall–Kier alpha value is -1.81. The van der Waals surface area contributed by atoms with E-state index in [2.05, 4.69) is 21.3 Å². The molecule has 0 spiro atoms. The topological polar surface area (TPSA) is 137 Å². The first-order valence-electron chi connectivity index (χ1n) is 11.0. The molecule has 10 heteroatoms. The molecule has 31 heavy (non-hydrogen) atoms. The van der Waals surface area contributed by atoms with Crippen LogP contribution in [0.15, 0.2) is 0 Å². The second-order valence-electron chi connectivity index (χ2n) is 8.43. The highest BCUT2D eigenvalue weighted by Gasteiger charge is 2.34.